The van der Waals surface area contributed by atoms with Gasteiger partial charge >= 0.3 is 0 Å². The molecule has 1 aromatic rings. The van der Waals surface area contributed by atoms with Crippen LogP contribution in [0.2, 0.25) is 10.0 Å². The van der Waals surface area contributed by atoms with Crippen molar-refractivity contribution in [1.82, 2.24) is 0 Å². The van der Waals surface area contributed by atoms with E-state index in [0.29, 0.717) is 23.0 Å². The number of halogens is 2. The lowest BCUT2D eigenvalue weighted by Gasteiger charge is -2.20. The highest BCUT2D eigenvalue weighted by Gasteiger charge is 2.25. The van der Waals surface area contributed by atoms with Crippen LogP contribution in [-0.2, 0) is 11.2 Å². The summed E-state index contributed by atoms with van der Waals surface area (Å²) in [6, 6.07) is 5.22. The van der Waals surface area contributed by atoms with E-state index >= 15 is 0 Å². The summed E-state index contributed by atoms with van der Waals surface area (Å²) in [5.74, 6) is 0.105. The van der Waals surface area contributed by atoms with E-state index in [1.807, 2.05) is 13.8 Å². The maximum atomic E-state index is 11.9. The average Bonchev–Trinajstić information content (AvgIpc) is 2.23. The van der Waals surface area contributed by atoms with E-state index in [0.717, 1.165) is 5.56 Å². The molecule has 0 aliphatic rings. The molecule has 88 valence electrons. The topological polar surface area (TPSA) is 43.1 Å². The first kappa shape index (κ1) is 13.5. The van der Waals surface area contributed by atoms with Crippen LogP contribution < -0.4 is 5.73 Å². The first-order chi connectivity index (χ1) is 7.36. The van der Waals surface area contributed by atoms with E-state index in [9.17, 15) is 4.79 Å². The zero-order valence-electron chi connectivity index (χ0n) is 9.39. The molecule has 0 saturated carbocycles. The summed E-state index contributed by atoms with van der Waals surface area (Å²) >= 11 is 11.7. The molecule has 4 heteroatoms. The third-order valence-electron chi connectivity index (χ3n) is 2.61. The molecule has 2 N–H and O–H groups in total. The normalized spacial score (nSPS) is 11.6. The van der Waals surface area contributed by atoms with Crippen LogP contribution in [0.25, 0.3) is 0 Å². The number of rotatable bonds is 4. The molecule has 0 heterocycles. The Morgan fingerprint density at radius 2 is 1.94 bits per heavy atom. The van der Waals surface area contributed by atoms with E-state index in [2.05, 4.69) is 0 Å². The van der Waals surface area contributed by atoms with Crippen LogP contribution in [0.15, 0.2) is 18.2 Å². The molecule has 0 aromatic heterocycles. The Kier molecular flexibility index (Phi) is 4.36. The number of hydrogen-bond acceptors (Lipinski definition) is 2. The Hall–Kier alpha value is -0.570. The predicted octanol–water partition coefficient (Wildman–Crippen LogP) is 3.09. The summed E-state index contributed by atoms with van der Waals surface area (Å²) in [5, 5.41) is 0.966. The Balaban J connectivity index is 2.82. The van der Waals surface area contributed by atoms with Crippen molar-refractivity contribution in [3.05, 3.63) is 33.8 Å². The van der Waals surface area contributed by atoms with Crippen molar-refractivity contribution in [3.8, 4) is 0 Å². The number of carbonyl (C=O) groups excluding carboxylic acids is 1. The molecule has 0 atom stereocenters. The van der Waals surface area contributed by atoms with Crippen molar-refractivity contribution < 1.29 is 4.79 Å². The van der Waals surface area contributed by atoms with E-state index < -0.39 is 5.41 Å². The number of hydrogen-bond donors (Lipinski definition) is 1. The average molecular weight is 260 g/mol. The number of ketones is 1. The third-order valence-corrected chi connectivity index (χ3v) is 3.35. The summed E-state index contributed by atoms with van der Waals surface area (Å²) in [5.41, 5.74) is 5.91. The minimum atomic E-state index is -0.494. The zero-order chi connectivity index (χ0) is 12.3. The summed E-state index contributed by atoms with van der Waals surface area (Å²) in [7, 11) is 0. The van der Waals surface area contributed by atoms with Gasteiger partial charge in [-0.05, 0) is 17.7 Å². The van der Waals surface area contributed by atoms with Gasteiger partial charge in [-0.25, -0.2) is 0 Å². The van der Waals surface area contributed by atoms with Gasteiger partial charge in [0.2, 0.25) is 0 Å². The van der Waals surface area contributed by atoms with Crippen molar-refractivity contribution in [1.29, 1.82) is 0 Å². The first-order valence-electron chi connectivity index (χ1n) is 5.04. The lowest BCUT2D eigenvalue weighted by molar-refractivity contribution is -0.125. The fourth-order valence-electron chi connectivity index (χ4n) is 1.19. The molecule has 0 amide bonds. The number of Topliss-reactive ketones (excluding diaryl/α,β-unsaturated/α-hetero) is 1. The third kappa shape index (κ3) is 3.21. The summed E-state index contributed by atoms with van der Waals surface area (Å²) in [6.07, 6.45) is 0.334. The van der Waals surface area contributed by atoms with Gasteiger partial charge < -0.3 is 5.73 Å². The molecule has 1 rings (SSSR count). The first-order valence-corrected chi connectivity index (χ1v) is 5.79. The van der Waals surface area contributed by atoms with Crippen LogP contribution in [0, 0.1) is 5.41 Å². The van der Waals surface area contributed by atoms with Crippen LogP contribution in [0.4, 0.5) is 0 Å². The SMILES string of the molecule is CC(C)(CN)C(=O)Cc1ccc(Cl)c(Cl)c1. The van der Waals surface area contributed by atoms with Crippen LogP contribution >= 0.6 is 23.2 Å². The minimum absolute atomic E-state index is 0.105. The zero-order valence-corrected chi connectivity index (χ0v) is 10.9. The number of carbonyl (C=O) groups is 1. The van der Waals surface area contributed by atoms with Crippen LogP contribution in [0.1, 0.15) is 19.4 Å². The summed E-state index contributed by atoms with van der Waals surface area (Å²) < 4.78 is 0. The van der Waals surface area contributed by atoms with Crippen LogP contribution in [0.5, 0.6) is 0 Å². The lowest BCUT2D eigenvalue weighted by Crippen LogP contribution is -2.33. The fourth-order valence-corrected chi connectivity index (χ4v) is 1.51. The van der Waals surface area contributed by atoms with Crippen molar-refractivity contribution in [2.75, 3.05) is 6.54 Å². The van der Waals surface area contributed by atoms with Gasteiger partial charge in [0.15, 0.2) is 0 Å². The van der Waals surface area contributed by atoms with E-state index in [4.69, 9.17) is 28.9 Å². The molecule has 1 aromatic carbocycles. The predicted molar refractivity (Wildman–Crippen MR) is 68.0 cm³/mol. The molecule has 0 spiro atoms. The standard InChI is InChI=1S/C12H15Cl2NO/c1-12(2,7-15)11(16)6-8-3-4-9(13)10(14)5-8/h3-5H,6-7,15H2,1-2H3. The maximum Gasteiger partial charge on any atom is 0.144 e. The van der Waals surface area contributed by atoms with Crippen molar-refractivity contribution in [2.24, 2.45) is 11.1 Å². The van der Waals surface area contributed by atoms with Crippen molar-refractivity contribution >= 4 is 29.0 Å². The fraction of sp³-hybridized carbons (Fsp3) is 0.417. The van der Waals surface area contributed by atoms with Gasteiger partial charge in [-0.2, -0.15) is 0 Å². The van der Waals surface area contributed by atoms with Crippen LogP contribution in [-0.4, -0.2) is 12.3 Å². The van der Waals surface area contributed by atoms with Crippen molar-refractivity contribution in [2.45, 2.75) is 20.3 Å². The minimum Gasteiger partial charge on any atom is -0.329 e. The van der Waals surface area contributed by atoms with Gasteiger partial charge in [-0.1, -0.05) is 43.1 Å². The molecular weight excluding hydrogens is 245 g/mol. The second-order valence-corrected chi connectivity index (χ2v) is 5.25. The molecule has 0 bridgehead atoms. The van der Waals surface area contributed by atoms with E-state index in [1.54, 1.807) is 18.2 Å². The van der Waals surface area contributed by atoms with E-state index in [-0.39, 0.29) is 5.78 Å². The Morgan fingerprint density at radius 3 is 2.44 bits per heavy atom. The molecule has 2 nitrogen and oxygen atoms in total. The van der Waals surface area contributed by atoms with Crippen LogP contribution in [0.3, 0.4) is 0 Å². The lowest BCUT2D eigenvalue weighted by atomic mass is 9.85. The highest BCUT2D eigenvalue weighted by Crippen LogP contribution is 2.24. The highest BCUT2D eigenvalue weighted by molar-refractivity contribution is 6.42. The summed E-state index contributed by atoms with van der Waals surface area (Å²) in [6.45, 7) is 4.02. The molecular formula is C12H15Cl2NO. The molecule has 0 saturated heterocycles. The molecule has 0 aliphatic heterocycles. The molecule has 16 heavy (non-hydrogen) atoms. The molecule has 0 aliphatic carbocycles. The van der Waals surface area contributed by atoms with Gasteiger partial charge in [0, 0.05) is 18.4 Å². The largest absolute Gasteiger partial charge is 0.329 e. The Bertz CT molecular complexity index is 402. The van der Waals surface area contributed by atoms with Gasteiger partial charge in [-0.3, -0.25) is 4.79 Å². The second-order valence-electron chi connectivity index (χ2n) is 4.44. The highest BCUT2D eigenvalue weighted by atomic mass is 35.5. The smallest absolute Gasteiger partial charge is 0.144 e. The van der Waals surface area contributed by atoms with Gasteiger partial charge in [0.05, 0.1) is 10.0 Å². The number of benzene rings is 1. The van der Waals surface area contributed by atoms with Gasteiger partial charge in [0.25, 0.3) is 0 Å². The summed E-state index contributed by atoms with van der Waals surface area (Å²) in [4.78, 5) is 11.9. The van der Waals surface area contributed by atoms with Gasteiger partial charge in [0.1, 0.15) is 5.78 Å². The second kappa shape index (κ2) is 5.17. The molecule has 0 radical (unpaired) electrons. The monoisotopic (exact) mass is 259 g/mol. The van der Waals surface area contributed by atoms with Crippen molar-refractivity contribution in [3.63, 3.8) is 0 Å². The maximum absolute atomic E-state index is 11.9. The molecule has 0 unspecified atom stereocenters. The molecule has 0 fully saturated rings. The Morgan fingerprint density at radius 1 is 1.31 bits per heavy atom. The quantitative estimate of drug-likeness (QED) is 0.903. The number of nitrogens with two attached hydrogens (primary N) is 1. The van der Waals surface area contributed by atoms with E-state index in [1.165, 1.54) is 0 Å². The van der Waals surface area contributed by atoms with Gasteiger partial charge in [-0.15, -0.1) is 0 Å². The Labute approximate surface area is 106 Å².